The molecule has 0 spiro atoms. The number of hydrogen-bond acceptors (Lipinski definition) is 7. The molecular weight excluding hydrogens is 586 g/mol. The lowest BCUT2D eigenvalue weighted by Crippen LogP contribution is -2.34. The van der Waals surface area contributed by atoms with Crippen LogP contribution in [0.4, 0.5) is 8.78 Å². The van der Waals surface area contributed by atoms with Gasteiger partial charge in [0.05, 0.1) is 18.2 Å². The molecule has 7 N–H and O–H groups in total. The number of carbonyl (C=O) groups is 3. The summed E-state index contributed by atoms with van der Waals surface area (Å²) in [4.78, 5) is 47.4. The molecule has 0 bridgehead atoms. The second-order valence-electron chi connectivity index (χ2n) is 10.2. The Kier molecular flexibility index (Phi) is 30.9. The van der Waals surface area contributed by atoms with Gasteiger partial charge in [0.2, 0.25) is 5.91 Å². The molecule has 1 atom stereocenters. The Bertz CT molecular complexity index is 1220. The fourth-order valence-corrected chi connectivity index (χ4v) is 3.24. The number of nitrogens with zero attached hydrogens (tertiary/aromatic N) is 1. The molecule has 0 saturated heterocycles. The number of aromatic amines is 1. The van der Waals surface area contributed by atoms with E-state index in [9.17, 15) is 28.0 Å². The van der Waals surface area contributed by atoms with E-state index in [1.165, 1.54) is 18.3 Å². The first-order valence-corrected chi connectivity index (χ1v) is 14.1. The zero-order valence-corrected chi connectivity index (χ0v) is 28.3. The molecule has 1 aromatic carbocycles. The highest BCUT2D eigenvalue weighted by Gasteiger charge is 2.22. The van der Waals surface area contributed by atoms with Crippen molar-refractivity contribution in [3.8, 4) is 0 Å². The number of nitrogens with two attached hydrogens (primary N) is 1. The standard InChI is InChI=1S/C19H24F2N2O2.C6H5NO2.C4H10.C3H9N.CH4O.H2O.H2/c1-4-6-12(3)14(5-2)13-9-15(19(21)16(20)10-13)17(7-8-24)23-18(25)11-22;8-4-5-2-1-3-7-6(5)9;2*1-4(2)3;1-2;;/h4,6,8-10,17H,5,7,11,22H2,1-3H3,(H,23,25);1-4H,(H,7,9);4H,1-3H3;1-3H3;2H,1H3;1H2;1H/b6-4-,14-12+;;;;;;. The number of halogens is 2. The van der Waals surface area contributed by atoms with E-state index in [0.717, 1.165) is 30.2 Å². The average Bonchev–Trinajstić information content (AvgIpc) is 2.96. The number of carbonyl (C=O) groups excluding carboxylic acids is 3. The van der Waals surface area contributed by atoms with Crippen LogP contribution in [-0.2, 0) is 9.59 Å². The number of aliphatic hydroxyl groups excluding tert-OH is 1. The van der Waals surface area contributed by atoms with E-state index in [1.54, 1.807) is 6.07 Å². The average molecular weight is 643 g/mol. The van der Waals surface area contributed by atoms with Crippen molar-refractivity contribution in [2.24, 2.45) is 11.7 Å². The first kappa shape index (κ1) is 48.1. The van der Waals surface area contributed by atoms with Crippen molar-refractivity contribution in [1.29, 1.82) is 0 Å². The fraction of sp³-hybridized carbons (Fsp3) is 0.455. The van der Waals surface area contributed by atoms with Gasteiger partial charge in [-0.15, -0.1) is 0 Å². The molecule has 0 aliphatic carbocycles. The third kappa shape index (κ3) is 22.3. The van der Waals surface area contributed by atoms with E-state index in [2.05, 4.69) is 31.1 Å². The van der Waals surface area contributed by atoms with E-state index in [0.29, 0.717) is 24.6 Å². The summed E-state index contributed by atoms with van der Waals surface area (Å²) < 4.78 is 28.5. The van der Waals surface area contributed by atoms with Crippen molar-refractivity contribution in [3.05, 3.63) is 86.9 Å². The summed E-state index contributed by atoms with van der Waals surface area (Å²) in [6.45, 7) is 11.9. The number of aliphatic hydroxyl groups is 1. The van der Waals surface area contributed by atoms with Crippen molar-refractivity contribution < 1.29 is 35.2 Å². The zero-order valence-electron chi connectivity index (χ0n) is 28.3. The topological polar surface area (TPSA) is 177 Å². The van der Waals surface area contributed by atoms with Gasteiger partial charge in [0.25, 0.3) is 5.56 Å². The first-order chi connectivity index (χ1) is 20.7. The van der Waals surface area contributed by atoms with Crippen LogP contribution >= 0.6 is 0 Å². The molecule has 258 valence electrons. The van der Waals surface area contributed by atoms with Gasteiger partial charge in [-0.2, -0.15) is 0 Å². The molecule has 12 heteroatoms. The van der Waals surface area contributed by atoms with Crippen LogP contribution in [0.15, 0.2) is 53.0 Å². The molecule has 1 unspecified atom stereocenters. The van der Waals surface area contributed by atoms with Crippen molar-refractivity contribution in [2.75, 3.05) is 34.8 Å². The van der Waals surface area contributed by atoms with Crippen LogP contribution in [0.1, 0.15) is 83.3 Å². The van der Waals surface area contributed by atoms with Gasteiger partial charge in [-0.25, -0.2) is 8.78 Å². The summed E-state index contributed by atoms with van der Waals surface area (Å²) in [5.41, 5.74) is 7.31. The molecular formula is C33H56F2N4O6. The van der Waals surface area contributed by atoms with E-state index in [4.69, 9.17) is 10.8 Å². The van der Waals surface area contributed by atoms with E-state index in [-0.39, 0.29) is 36.6 Å². The maximum Gasteiger partial charge on any atom is 0.258 e. The lowest BCUT2D eigenvalue weighted by molar-refractivity contribution is -0.120. The Morgan fingerprint density at radius 3 is 2.07 bits per heavy atom. The van der Waals surface area contributed by atoms with Gasteiger partial charge in [0, 0.05) is 26.7 Å². The fourth-order valence-electron chi connectivity index (χ4n) is 3.24. The number of aromatic nitrogens is 1. The summed E-state index contributed by atoms with van der Waals surface area (Å²) in [5.74, 6) is -1.81. The molecule has 0 radical (unpaired) electrons. The predicted octanol–water partition coefficient (Wildman–Crippen LogP) is 4.49. The zero-order chi connectivity index (χ0) is 34.8. The Balaban J connectivity index is -0.000000219. The second-order valence-corrected chi connectivity index (χ2v) is 10.2. The van der Waals surface area contributed by atoms with Crippen molar-refractivity contribution in [1.82, 2.24) is 15.2 Å². The summed E-state index contributed by atoms with van der Waals surface area (Å²) >= 11 is 0. The van der Waals surface area contributed by atoms with E-state index < -0.39 is 23.6 Å². The Labute approximate surface area is 268 Å². The second kappa shape index (κ2) is 28.9. The summed E-state index contributed by atoms with van der Waals surface area (Å²) in [6, 6.07) is 4.71. The molecule has 1 amide bonds. The number of hydrogen-bond donors (Lipinski definition) is 4. The molecule has 45 heavy (non-hydrogen) atoms. The Hall–Kier alpha value is -3.84. The number of aldehydes is 2. The number of benzene rings is 1. The van der Waals surface area contributed by atoms with Crippen LogP contribution in [-0.4, -0.2) is 73.7 Å². The van der Waals surface area contributed by atoms with Crippen molar-refractivity contribution in [2.45, 2.75) is 60.4 Å². The van der Waals surface area contributed by atoms with Gasteiger partial charge in [0.1, 0.15) is 6.29 Å². The lowest BCUT2D eigenvalue weighted by atomic mass is 9.93. The van der Waals surface area contributed by atoms with Gasteiger partial charge in [-0.05, 0) is 88.3 Å². The highest BCUT2D eigenvalue weighted by atomic mass is 19.2. The highest BCUT2D eigenvalue weighted by Crippen LogP contribution is 2.30. The molecule has 0 aliphatic heterocycles. The van der Waals surface area contributed by atoms with Crippen LogP contribution in [0.25, 0.3) is 5.57 Å². The minimum atomic E-state index is -1.08. The SMILES string of the molecule is C/C=C\C(C)=C(/CC)c1cc(F)c(F)c(C(CC=O)NC(=O)CN)c1.CC(C)C.CN(C)C.CO.O.O=Cc1ccc[nH]c1=O.[HH]. The van der Waals surface area contributed by atoms with Gasteiger partial charge >= 0.3 is 0 Å². The molecule has 0 saturated carbocycles. The van der Waals surface area contributed by atoms with Crippen LogP contribution in [0, 0.1) is 17.6 Å². The molecule has 10 nitrogen and oxygen atoms in total. The predicted molar refractivity (Wildman–Crippen MR) is 181 cm³/mol. The number of rotatable bonds is 9. The van der Waals surface area contributed by atoms with Crippen molar-refractivity contribution in [3.63, 3.8) is 0 Å². The van der Waals surface area contributed by atoms with Gasteiger partial charge in [0.15, 0.2) is 17.9 Å². The minimum absolute atomic E-state index is 0. The van der Waals surface area contributed by atoms with Crippen LogP contribution in [0.5, 0.6) is 0 Å². The molecule has 1 aromatic heterocycles. The third-order valence-electron chi connectivity index (χ3n) is 4.85. The summed E-state index contributed by atoms with van der Waals surface area (Å²) in [5, 5.41) is 9.46. The molecule has 0 fully saturated rings. The lowest BCUT2D eigenvalue weighted by Gasteiger charge is -2.19. The van der Waals surface area contributed by atoms with Crippen molar-refractivity contribution >= 4 is 24.1 Å². The maximum atomic E-state index is 14.3. The van der Waals surface area contributed by atoms with Gasteiger partial charge in [-0.1, -0.05) is 39.8 Å². The maximum absolute atomic E-state index is 14.3. The Morgan fingerprint density at radius 1 is 1.16 bits per heavy atom. The monoisotopic (exact) mass is 642 g/mol. The normalized spacial score (nSPS) is 11.0. The van der Waals surface area contributed by atoms with E-state index in [1.807, 2.05) is 59.0 Å². The van der Waals surface area contributed by atoms with Gasteiger partial charge in [-0.3, -0.25) is 14.4 Å². The summed E-state index contributed by atoms with van der Waals surface area (Å²) in [7, 11) is 7.00. The molecule has 0 aliphatic rings. The number of pyridine rings is 1. The third-order valence-corrected chi connectivity index (χ3v) is 4.85. The Morgan fingerprint density at radius 2 is 1.69 bits per heavy atom. The number of nitrogens with one attached hydrogen (secondary N) is 2. The first-order valence-electron chi connectivity index (χ1n) is 14.1. The number of H-pyrrole nitrogens is 1. The largest absolute Gasteiger partial charge is 0.412 e. The highest BCUT2D eigenvalue weighted by molar-refractivity contribution is 5.79. The number of amides is 1. The van der Waals surface area contributed by atoms with Crippen LogP contribution in [0.3, 0.4) is 0 Å². The van der Waals surface area contributed by atoms with E-state index >= 15 is 0 Å². The molecule has 2 rings (SSSR count). The summed E-state index contributed by atoms with van der Waals surface area (Å²) in [6.07, 6.45) is 6.75. The number of allylic oxidation sites excluding steroid dienone is 4. The van der Waals surface area contributed by atoms with Gasteiger partial charge < -0.3 is 36.3 Å². The quantitative estimate of drug-likeness (QED) is 0.230. The smallest absolute Gasteiger partial charge is 0.258 e. The molecule has 2 aromatic rings. The van der Waals surface area contributed by atoms with Crippen LogP contribution < -0.4 is 16.6 Å². The minimum Gasteiger partial charge on any atom is -0.412 e. The van der Waals surface area contributed by atoms with Crippen LogP contribution in [0.2, 0.25) is 0 Å². The molecule has 1 heterocycles.